The van der Waals surface area contributed by atoms with Crippen LogP contribution in [0.2, 0.25) is 0 Å². The number of rotatable bonds is 2. The van der Waals surface area contributed by atoms with Crippen LogP contribution >= 0.6 is 0 Å². The van der Waals surface area contributed by atoms with E-state index in [4.69, 9.17) is 0 Å². The van der Waals surface area contributed by atoms with E-state index >= 15 is 0 Å². The third kappa shape index (κ3) is 2.40. The largest absolute Gasteiger partial charge is 0.544 e. The molecule has 0 bridgehead atoms. The Labute approximate surface area is 99.2 Å². The van der Waals surface area contributed by atoms with Gasteiger partial charge in [-0.15, -0.1) is 18.2 Å². The minimum absolute atomic E-state index is 0.134. The second-order valence-electron chi connectivity index (χ2n) is 3.40. The van der Waals surface area contributed by atoms with Crippen LogP contribution in [-0.4, -0.2) is 23.2 Å². The van der Waals surface area contributed by atoms with Crippen molar-refractivity contribution in [3.63, 3.8) is 0 Å². The van der Waals surface area contributed by atoms with Crippen molar-refractivity contribution in [2.75, 3.05) is 0 Å². The fraction of sp³-hybridized carbons (Fsp3) is 0.0909. The topological polar surface area (TPSA) is 46.6 Å². The smallest absolute Gasteiger partial charge is 0.267 e. The first-order valence-electron chi connectivity index (χ1n) is 4.80. The predicted octanol–water partition coefficient (Wildman–Crippen LogP) is 1.89. The van der Waals surface area contributed by atoms with Crippen LogP contribution < -0.4 is 0 Å². The summed E-state index contributed by atoms with van der Waals surface area (Å²) in [5.41, 5.74) is 0.217. The molecule has 1 heterocycles. The lowest BCUT2D eigenvalue weighted by Crippen LogP contribution is -2.36. The second kappa shape index (κ2) is 4.26. The third-order valence-corrected chi connectivity index (χ3v) is 2.16. The Hall–Kier alpha value is -2.15. The van der Waals surface area contributed by atoms with Gasteiger partial charge in [0.15, 0.2) is 0 Å². The van der Waals surface area contributed by atoms with Crippen LogP contribution in [0.25, 0.3) is 5.57 Å². The van der Waals surface area contributed by atoms with Gasteiger partial charge in [0.2, 0.25) is 0 Å². The maximum absolute atomic E-state index is 12.0. The van der Waals surface area contributed by atoms with Crippen LogP contribution in [0, 0.1) is 0 Å². The minimum atomic E-state index is -5.09. The van der Waals surface area contributed by atoms with Crippen molar-refractivity contribution < 1.29 is 27.6 Å². The van der Waals surface area contributed by atoms with E-state index in [1.54, 1.807) is 18.2 Å². The van der Waals surface area contributed by atoms with Crippen molar-refractivity contribution in [1.82, 2.24) is 5.06 Å². The Balaban J connectivity index is 2.26. The Morgan fingerprint density at radius 2 is 1.67 bits per heavy atom. The van der Waals surface area contributed by atoms with E-state index in [-0.39, 0.29) is 10.6 Å². The maximum Gasteiger partial charge on any atom is 0.544 e. The van der Waals surface area contributed by atoms with Gasteiger partial charge in [-0.3, -0.25) is 9.59 Å². The molecule has 0 aromatic heterocycles. The van der Waals surface area contributed by atoms with Crippen LogP contribution in [0.4, 0.5) is 13.2 Å². The first-order valence-corrected chi connectivity index (χ1v) is 4.80. The van der Waals surface area contributed by atoms with E-state index in [2.05, 4.69) is 4.84 Å². The molecular weight excluding hydrogens is 251 g/mol. The first kappa shape index (κ1) is 12.3. The Morgan fingerprint density at radius 1 is 1.06 bits per heavy atom. The fourth-order valence-electron chi connectivity index (χ4n) is 1.47. The molecule has 94 valence electrons. The van der Waals surface area contributed by atoms with Gasteiger partial charge in [0.05, 0.1) is 5.57 Å². The standard InChI is InChI=1S/C11H6F3NO3/c12-11(13,14)18-15-9(16)6-8(10(15)17)7-4-2-1-3-5-7/h1-6H. The lowest BCUT2D eigenvalue weighted by atomic mass is 10.1. The summed E-state index contributed by atoms with van der Waals surface area (Å²) in [6.45, 7) is 0. The molecule has 2 amide bonds. The normalized spacial score (nSPS) is 16.2. The summed E-state index contributed by atoms with van der Waals surface area (Å²) < 4.78 is 36.0. The average Bonchev–Trinajstić information content (AvgIpc) is 2.56. The number of halogens is 3. The first-order chi connectivity index (χ1) is 8.38. The zero-order valence-corrected chi connectivity index (χ0v) is 8.77. The van der Waals surface area contributed by atoms with Crippen molar-refractivity contribution in [3.8, 4) is 0 Å². The molecule has 0 aliphatic carbocycles. The van der Waals surface area contributed by atoms with Crippen LogP contribution in [-0.2, 0) is 14.4 Å². The summed E-state index contributed by atoms with van der Waals surface area (Å²) >= 11 is 0. The molecule has 1 aromatic rings. The molecule has 0 atom stereocenters. The maximum atomic E-state index is 12.0. The van der Waals surface area contributed by atoms with Gasteiger partial charge < -0.3 is 0 Å². The molecule has 4 nitrogen and oxygen atoms in total. The average molecular weight is 257 g/mol. The number of benzene rings is 1. The van der Waals surface area contributed by atoms with Gasteiger partial charge in [-0.25, -0.2) is 0 Å². The fourth-order valence-corrected chi connectivity index (χ4v) is 1.47. The highest BCUT2D eigenvalue weighted by molar-refractivity contribution is 6.32. The number of carbonyl (C=O) groups is 2. The molecule has 1 aliphatic rings. The number of nitrogens with zero attached hydrogens (tertiary/aromatic N) is 1. The molecule has 0 saturated carbocycles. The lowest BCUT2D eigenvalue weighted by Gasteiger charge is -2.15. The van der Waals surface area contributed by atoms with Crippen molar-refractivity contribution in [3.05, 3.63) is 42.0 Å². The van der Waals surface area contributed by atoms with E-state index in [0.717, 1.165) is 6.08 Å². The summed E-state index contributed by atoms with van der Waals surface area (Å²) in [6, 6.07) is 7.89. The predicted molar refractivity (Wildman–Crippen MR) is 53.4 cm³/mol. The molecule has 1 aromatic carbocycles. The van der Waals surface area contributed by atoms with Crippen LogP contribution in [0.3, 0.4) is 0 Å². The quantitative estimate of drug-likeness (QED) is 0.760. The molecule has 1 aliphatic heterocycles. The summed E-state index contributed by atoms with van der Waals surface area (Å²) in [4.78, 5) is 26.2. The van der Waals surface area contributed by atoms with Crippen LogP contribution in [0.1, 0.15) is 5.56 Å². The Morgan fingerprint density at radius 3 is 2.22 bits per heavy atom. The van der Waals surface area contributed by atoms with Gasteiger partial charge in [0.25, 0.3) is 11.8 Å². The van der Waals surface area contributed by atoms with E-state index in [1.807, 2.05) is 0 Å². The number of carbonyl (C=O) groups excluding carboxylic acids is 2. The van der Waals surface area contributed by atoms with Gasteiger partial charge in [0, 0.05) is 6.08 Å². The lowest BCUT2D eigenvalue weighted by molar-refractivity contribution is -0.389. The van der Waals surface area contributed by atoms with E-state index in [9.17, 15) is 22.8 Å². The van der Waals surface area contributed by atoms with Crippen molar-refractivity contribution >= 4 is 17.4 Å². The summed E-state index contributed by atoms with van der Waals surface area (Å²) in [7, 11) is 0. The molecule has 0 saturated heterocycles. The zero-order chi connectivity index (χ0) is 13.3. The SMILES string of the molecule is O=C1C=C(c2ccccc2)C(=O)N1OC(F)(F)F. The highest BCUT2D eigenvalue weighted by Crippen LogP contribution is 2.27. The monoisotopic (exact) mass is 257 g/mol. The van der Waals surface area contributed by atoms with Gasteiger partial charge >= 0.3 is 6.36 Å². The highest BCUT2D eigenvalue weighted by Gasteiger charge is 2.42. The molecule has 0 fully saturated rings. The number of hydrogen-bond donors (Lipinski definition) is 0. The Kier molecular flexibility index (Phi) is 2.92. The number of hydroxylamine groups is 2. The van der Waals surface area contributed by atoms with Gasteiger partial charge in [-0.2, -0.15) is 4.84 Å². The zero-order valence-electron chi connectivity index (χ0n) is 8.77. The summed E-state index contributed by atoms with van der Waals surface area (Å²) in [5.74, 6) is -2.29. The van der Waals surface area contributed by atoms with E-state index in [1.165, 1.54) is 12.1 Å². The number of hydrogen-bond acceptors (Lipinski definition) is 3. The summed E-state index contributed by atoms with van der Waals surface area (Å²) in [5, 5.41) is -0.303. The number of alkyl halides is 3. The van der Waals surface area contributed by atoms with Gasteiger partial charge in [-0.1, -0.05) is 30.3 Å². The number of amides is 2. The Bertz CT molecular complexity index is 522. The molecule has 0 N–H and O–H groups in total. The van der Waals surface area contributed by atoms with Crippen molar-refractivity contribution in [2.24, 2.45) is 0 Å². The third-order valence-electron chi connectivity index (χ3n) is 2.16. The molecule has 7 heteroatoms. The van der Waals surface area contributed by atoms with E-state index < -0.39 is 18.2 Å². The van der Waals surface area contributed by atoms with Crippen molar-refractivity contribution in [1.29, 1.82) is 0 Å². The molecular formula is C11H6F3NO3. The minimum Gasteiger partial charge on any atom is -0.267 e. The van der Waals surface area contributed by atoms with Crippen molar-refractivity contribution in [2.45, 2.75) is 6.36 Å². The molecule has 0 spiro atoms. The highest BCUT2D eigenvalue weighted by atomic mass is 19.4. The van der Waals surface area contributed by atoms with Gasteiger partial charge in [-0.05, 0) is 5.56 Å². The van der Waals surface area contributed by atoms with E-state index in [0.29, 0.717) is 5.56 Å². The molecule has 18 heavy (non-hydrogen) atoms. The van der Waals surface area contributed by atoms with Gasteiger partial charge in [0.1, 0.15) is 0 Å². The number of imide groups is 1. The molecule has 0 unspecified atom stereocenters. The second-order valence-corrected chi connectivity index (χ2v) is 3.40. The summed E-state index contributed by atoms with van der Waals surface area (Å²) in [6.07, 6.45) is -4.28. The van der Waals surface area contributed by atoms with Crippen LogP contribution in [0.5, 0.6) is 0 Å². The van der Waals surface area contributed by atoms with Crippen LogP contribution in [0.15, 0.2) is 36.4 Å². The molecule has 0 radical (unpaired) electrons. The molecule has 2 rings (SSSR count).